The summed E-state index contributed by atoms with van der Waals surface area (Å²) < 4.78 is 1.14. The van der Waals surface area contributed by atoms with Crippen molar-refractivity contribution in [3.8, 4) is 0 Å². The molecule has 0 spiro atoms. The first kappa shape index (κ1) is 9.43. The fraction of sp³-hybridized carbons (Fsp3) is 0.300. The van der Waals surface area contributed by atoms with Crippen LogP contribution in [0.2, 0.25) is 0 Å². The molecule has 1 aromatic carbocycles. The van der Waals surface area contributed by atoms with E-state index in [1.807, 2.05) is 6.07 Å². The lowest BCUT2D eigenvalue weighted by Crippen LogP contribution is -2.08. The first-order valence-corrected chi connectivity index (χ1v) is 5.38. The molecule has 3 nitrogen and oxygen atoms in total. The maximum absolute atomic E-state index is 5.63. The van der Waals surface area contributed by atoms with Crippen LogP contribution in [0.4, 0.5) is 5.13 Å². The van der Waals surface area contributed by atoms with Gasteiger partial charge in [0, 0.05) is 0 Å². The average Bonchev–Trinajstić information content (AvgIpc) is 2.55. The number of hydrogen-bond acceptors (Lipinski definition) is 4. The zero-order valence-corrected chi connectivity index (χ0v) is 8.84. The Bertz CT molecular complexity index is 450. The van der Waals surface area contributed by atoms with Crippen molar-refractivity contribution in [2.45, 2.75) is 12.8 Å². The lowest BCUT2D eigenvalue weighted by atomic mass is 10.0. The Labute approximate surface area is 86.7 Å². The monoisotopic (exact) mass is 207 g/mol. The minimum absolute atomic E-state index is 0.391. The van der Waals surface area contributed by atoms with Crippen LogP contribution in [-0.4, -0.2) is 11.5 Å². The van der Waals surface area contributed by atoms with Crippen LogP contribution in [0.1, 0.15) is 18.4 Å². The van der Waals surface area contributed by atoms with E-state index in [0.717, 1.165) is 10.2 Å². The highest BCUT2D eigenvalue weighted by Crippen LogP contribution is 2.26. The van der Waals surface area contributed by atoms with Crippen molar-refractivity contribution in [1.82, 2.24) is 4.98 Å². The molecule has 1 aromatic heterocycles. The molecule has 74 valence electrons. The molecule has 0 saturated carbocycles. The Morgan fingerprint density at radius 2 is 2.29 bits per heavy atom. The molecule has 0 bridgehead atoms. The highest BCUT2D eigenvalue weighted by atomic mass is 32.1. The molecular weight excluding hydrogens is 194 g/mol. The molecular formula is C10H13N3S. The van der Waals surface area contributed by atoms with Crippen molar-refractivity contribution in [3.63, 3.8) is 0 Å². The minimum atomic E-state index is 0.391. The van der Waals surface area contributed by atoms with Gasteiger partial charge in [-0.25, -0.2) is 4.98 Å². The van der Waals surface area contributed by atoms with E-state index in [1.54, 1.807) is 0 Å². The maximum Gasteiger partial charge on any atom is 0.181 e. The average molecular weight is 207 g/mol. The third-order valence-corrected chi connectivity index (χ3v) is 3.20. The van der Waals surface area contributed by atoms with E-state index in [9.17, 15) is 0 Å². The number of thiazole rings is 1. The second kappa shape index (κ2) is 3.55. The Morgan fingerprint density at radius 3 is 3.00 bits per heavy atom. The number of hydrogen-bond donors (Lipinski definition) is 2. The van der Waals surface area contributed by atoms with Gasteiger partial charge in [0.25, 0.3) is 0 Å². The molecule has 0 aliphatic rings. The van der Waals surface area contributed by atoms with Crippen LogP contribution in [0.3, 0.4) is 0 Å². The summed E-state index contributed by atoms with van der Waals surface area (Å²) >= 11 is 1.52. The molecule has 1 heterocycles. The number of anilines is 1. The molecule has 2 aromatic rings. The number of nitrogens with zero attached hydrogens (tertiary/aromatic N) is 1. The largest absolute Gasteiger partial charge is 0.375 e. The third kappa shape index (κ3) is 1.58. The van der Waals surface area contributed by atoms with Gasteiger partial charge in [-0.1, -0.05) is 24.3 Å². The predicted octanol–water partition coefficient (Wildman–Crippen LogP) is 1.94. The van der Waals surface area contributed by atoms with Crippen molar-refractivity contribution in [1.29, 1.82) is 0 Å². The lowest BCUT2D eigenvalue weighted by Gasteiger charge is -2.07. The van der Waals surface area contributed by atoms with Crippen LogP contribution in [0.5, 0.6) is 0 Å². The molecule has 0 aliphatic carbocycles. The molecule has 0 radical (unpaired) electrons. The third-order valence-electron chi connectivity index (χ3n) is 2.35. The van der Waals surface area contributed by atoms with Crippen LogP contribution in [0, 0.1) is 0 Å². The summed E-state index contributed by atoms with van der Waals surface area (Å²) in [5.74, 6) is 0.391. The van der Waals surface area contributed by atoms with Gasteiger partial charge in [0.2, 0.25) is 0 Å². The predicted molar refractivity (Wildman–Crippen MR) is 61.5 cm³/mol. The normalized spacial score (nSPS) is 13.3. The second-order valence-electron chi connectivity index (χ2n) is 3.42. The Balaban J connectivity index is 2.50. The zero-order valence-electron chi connectivity index (χ0n) is 8.03. The van der Waals surface area contributed by atoms with Gasteiger partial charge in [-0.05, 0) is 30.2 Å². The number of aromatic nitrogens is 1. The van der Waals surface area contributed by atoms with Crippen LogP contribution < -0.4 is 11.5 Å². The number of benzene rings is 1. The summed E-state index contributed by atoms with van der Waals surface area (Å²) in [6, 6.07) is 6.20. The molecule has 1 unspecified atom stereocenters. The van der Waals surface area contributed by atoms with E-state index >= 15 is 0 Å². The standard InChI is InChI=1S/C10H13N3S/c1-6(5-11)7-2-3-8-9(4-7)14-10(12)13-8/h2-4,6H,5,11H2,1H3,(H2,12,13). The van der Waals surface area contributed by atoms with Gasteiger partial charge >= 0.3 is 0 Å². The van der Waals surface area contributed by atoms with Crippen molar-refractivity contribution < 1.29 is 0 Å². The first-order valence-electron chi connectivity index (χ1n) is 4.56. The highest BCUT2D eigenvalue weighted by Gasteiger charge is 2.06. The van der Waals surface area contributed by atoms with Gasteiger partial charge in [0.1, 0.15) is 0 Å². The highest BCUT2D eigenvalue weighted by molar-refractivity contribution is 7.22. The zero-order chi connectivity index (χ0) is 10.1. The van der Waals surface area contributed by atoms with E-state index in [4.69, 9.17) is 11.5 Å². The minimum Gasteiger partial charge on any atom is -0.375 e. The molecule has 0 saturated heterocycles. The number of nitrogens with two attached hydrogens (primary N) is 2. The van der Waals surface area contributed by atoms with Crippen molar-refractivity contribution >= 4 is 26.7 Å². The Morgan fingerprint density at radius 1 is 1.50 bits per heavy atom. The lowest BCUT2D eigenvalue weighted by molar-refractivity contribution is 0.775. The van der Waals surface area contributed by atoms with Crippen LogP contribution in [0.15, 0.2) is 18.2 Å². The van der Waals surface area contributed by atoms with E-state index < -0.39 is 0 Å². The van der Waals surface area contributed by atoms with Gasteiger partial charge in [0.15, 0.2) is 5.13 Å². The van der Waals surface area contributed by atoms with Crippen LogP contribution >= 0.6 is 11.3 Å². The van der Waals surface area contributed by atoms with Gasteiger partial charge in [-0.3, -0.25) is 0 Å². The van der Waals surface area contributed by atoms with E-state index in [-0.39, 0.29) is 0 Å². The second-order valence-corrected chi connectivity index (χ2v) is 4.48. The Hall–Kier alpha value is -1.13. The molecule has 4 heteroatoms. The number of nitrogen functional groups attached to an aromatic ring is 1. The topological polar surface area (TPSA) is 64.9 Å². The van der Waals surface area contributed by atoms with Crippen molar-refractivity contribution in [3.05, 3.63) is 23.8 Å². The van der Waals surface area contributed by atoms with Gasteiger partial charge in [-0.15, -0.1) is 0 Å². The van der Waals surface area contributed by atoms with E-state index in [2.05, 4.69) is 24.0 Å². The van der Waals surface area contributed by atoms with Gasteiger partial charge < -0.3 is 11.5 Å². The van der Waals surface area contributed by atoms with Crippen molar-refractivity contribution in [2.24, 2.45) is 5.73 Å². The molecule has 14 heavy (non-hydrogen) atoms. The fourth-order valence-electron chi connectivity index (χ4n) is 1.40. The number of fused-ring (bicyclic) bond motifs is 1. The molecule has 0 amide bonds. The SMILES string of the molecule is CC(CN)c1ccc2nc(N)sc2c1. The summed E-state index contributed by atoms with van der Waals surface area (Å²) in [7, 11) is 0. The van der Waals surface area contributed by atoms with E-state index in [1.165, 1.54) is 16.9 Å². The summed E-state index contributed by atoms with van der Waals surface area (Å²) in [6.45, 7) is 2.78. The molecule has 0 aliphatic heterocycles. The summed E-state index contributed by atoms with van der Waals surface area (Å²) in [5, 5.41) is 0.623. The molecule has 0 fully saturated rings. The first-order chi connectivity index (χ1) is 6.70. The summed E-state index contributed by atoms with van der Waals surface area (Å²) in [5.41, 5.74) is 13.5. The smallest absolute Gasteiger partial charge is 0.181 e. The molecule has 2 rings (SSSR count). The van der Waals surface area contributed by atoms with Crippen molar-refractivity contribution in [2.75, 3.05) is 12.3 Å². The number of rotatable bonds is 2. The quantitative estimate of drug-likeness (QED) is 0.791. The van der Waals surface area contributed by atoms with E-state index in [0.29, 0.717) is 17.6 Å². The van der Waals surface area contributed by atoms with Crippen LogP contribution in [0.25, 0.3) is 10.2 Å². The van der Waals surface area contributed by atoms with Gasteiger partial charge in [-0.2, -0.15) is 0 Å². The molecule has 4 N–H and O–H groups in total. The summed E-state index contributed by atoms with van der Waals surface area (Å²) in [6.07, 6.45) is 0. The molecule has 1 atom stereocenters. The fourth-order valence-corrected chi connectivity index (χ4v) is 2.18. The summed E-state index contributed by atoms with van der Waals surface area (Å²) in [4.78, 5) is 4.20. The maximum atomic E-state index is 5.63. The van der Waals surface area contributed by atoms with Gasteiger partial charge in [0.05, 0.1) is 10.2 Å². The van der Waals surface area contributed by atoms with Crippen LogP contribution in [-0.2, 0) is 0 Å². The Kier molecular flexibility index (Phi) is 2.39.